The molecule has 0 aliphatic carbocycles. The number of hydrogen-bond acceptors (Lipinski definition) is 4. The molecule has 0 bridgehead atoms. The highest BCUT2D eigenvalue weighted by Gasteiger charge is 2.19. The van der Waals surface area contributed by atoms with Gasteiger partial charge in [-0.2, -0.15) is 0 Å². The molecular weight excluding hydrogens is 316 g/mol. The van der Waals surface area contributed by atoms with E-state index in [0.717, 1.165) is 30.8 Å². The largest absolute Gasteiger partial charge is 0.367 e. The van der Waals surface area contributed by atoms with Crippen molar-refractivity contribution in [1.82, 2.24) is 5.32 Å². The fourth-order valence-corrected chi connectivity index (χ4v) is 3.00. The summed E-state index contributed by atoms with van der Waals surface area (Å²) in [6.45, 7) is 1.48. The first-order valence-electron chi connectivity index (χ1n) is 8.35. The van der Waals surface area contributed by atoms with Gasteiger partial charge in [-0.1, -0.05) is 36.4 Å². The summed E-state index contributed by atoms with van der Waals surface area (Å²) in [5.41, 5.74) is 9.62. The molecule has 0 atom stereocenters. The highest BCUT2D eigenvalue weighted by Crippen LogP contribution is 2.30. The van der Waals surface area contributed by atoms with E-state index in [1.165, 1.54) is 11.3 Å². The summed E-state index contributed by atoms with van der Waals surface area (Å²) in [4.78, 5) is 25.5. The van der Waals surface area contributed by atoms with E-state index in [4.69, 9.17) is 5.73 Å². The molecule has 4 N–H and O–H groups in total. The molecule has 1 aliphatic heterocycles. The lowest BCUT2D eigenvalue weighted by atomic mass is 10.1. The molecule has 1 heterocycles. The van der Waals surface area contributed by atoms with Gasteiger partial charge in [-0.15, -0.1) is 0 Å². The number of benzene rings is 2. The average Bonchev–Trinajstić information content (AvgIpc) is 3.04. The van der Waals surface area contributed by atoms with Gasteiger partial charge in [-0.05, 0) is 29.7 Å². The quantitative estimate of drug-likeness (QED) is 0.740. The number of para-hydroxylation sites is 2. The smallest absolute Gasteiger partial charge is 0.243 e. The van der Waals surface area contributed by atoms with Gasteiger partial charge in [0, 0.05) is 24.5 Å². The van der Waals surface area contributed by atoms with Crippen LogP contribution in [0.1, 0.15) is 11.1 Å². The first-order valence-corrected chi connectivity index (χ1v) is 8.35. The summed E-state index contributed by atoms with van der Waals surface area (Å²) < 4.78 is 0. The minimum absolute atomic E-state index is 0.0864. The number of nitrogens with two attached hydrogens (primary N) is 1. The van der Waals surface area contributed by atoms with E-state index < -0.39 is 0 Å². The number of carbonyl (C=O) groups excluding carboxylic acids is 2. The maximum Gasteiger partial charge on any atom is 0.243 e. The van der Waals surface area contributed by atoms with Gasteiger partial charge in [-0.3, -0.25) is 9.59 Å². The number of amides is 2. The Labute approximate surface area is 147 Å². The van der Waals surface area contributed by atoms with Crippen molar-refractivity contribution in [2.75, 3.05) is 29.9 Å². The molecule has 3 rings (SSSR count). The summed E-state index contributed by atoms with van der Waals surface area (Å²) >= 11 is 0. The third kappa shape index (κ3) is 4.16. The van der Waals surface area contributed by atoms with Crippen LogP contribution in [0.5, 0.6) is 0 Å². The van der Waals surface area contributed by atoms with Gasteiger partial charge in [0.2, 0.25) is 11.8 Å². The predicted octanol–water partition coefficient (Wildman–Crippen LogP) is 1.26. The van der Waals surface area contributed by atoms with E-state index in [0.29, 0.717) is 0 Å². The van der Waals surface area contributed by atoms with E-state index in [-0.39, 0.29) is 24.9 Å². The third-order valence-corrected chi connectivity index (χ3v) is 4.27. The van der Waals surface area contributed by atoms with Crippen LogP contribution >= 0.6 is 0 Å². The molecule has 1 aliphatic rings. The Balaban J connectivity index is 1.67. The number of nitrogens with zero attached hydrogens (tertiary/aromatic N) is 1. The van der Waals surface area contributed by atoms with Crippen LogP contribution < -0.4 is 21.3 Å². The maximum absolute atomic E-state index is 12.0. The predicted molar refractivity (Wildman–Crippen MR) is 98.3 cm³/mol. The lowest BCUT2D eigenvalue weighted by Crippen LogP contribution is -2.36. The minimum atomic E-state index is -0.350. The monoisotopic (exact) mass is 338 g/mol. The van der Waals surface area contributed by atoms with Crippen LogP contribution in [0.2, 0.25) is 0 Å². The van der Waals surface area contributed by atoms with E-state index >= 15 is 0 Å². The molecule has 0 fully saturated rings. The Hall–Kier alpha value is -2.86. The van der Waals surface area contributed by atoms with E-state index in [1.807, 2.05) is 30.3 Å². The highest BCUT2D eigenvalue weighted by atomic mass is 16.2. The first kappa shape index (κ1) is 17.0. The molecule has 130 valence electrons. The minimum Gasteiger partial charge on any atom is -0.367 e. The fourth-order valence-electron chi connectivity index (χ4n) is 3.00. The Morgan fingerprint density at radius 2 is 1.80 bits per heavy atom. The molecule has 2 aromatic carbocycles. The Morgan fingerprint density at radius 3 is 2.64 bits per heavy atom. The standard InChI is InChI=1S/C19H22N4O2/c20-11-18(24)21-12-19(25)22-16-7-3-1-6-15(16)13-23-10-9-14-5-2-4-8-17(14)23/h1-8H,9-13,20H2,(H,21,24)(H,22,25). The highest BCUT2D eigenvalue weighted by molar-refractivity contribution is 5.95. The van der Waals surface area contributed by atoms with Crippen molar-refractivity contribution in [1.29, 1.82) is 0 Å². The van der Waals surface area contributed by atoms with Gasteiger partial charge in [0.15, 0.2) is 0 Å². The third-order valence-electron chi connectivity index (χ3n) is 4.27. The lowest BCUT2D eigenvalue weighted by molar-refractivity contribution is -0.123. The zero-order valence-corrected chi connectivity index (χ0v) is 14.0. The fraction of sp³-hybridized carbons (Fsp3) is 0.263. The van der Waals surface area contributed by atoms with Gasteiger partial charge < -0.3 is 21.3 Å². The summed E-state index contributed by atoms with van der Waals surface area (Å²) in [6.07, 6.45) is 1.04. The van der Waals surface area contributed by atoms with Gasteiger partial charge in [0.1, 0.15) is 0 Å². The summed E-state index contributed by atoms with van der Waals surface area (Å²) in [5, 5.41) is 5.34. The number of hydrogen-bond donors (Lipinski definition) is 3. The lowest BCUT2D eigenvalue weighted by Gasteiger charge is -2.21. The second kappa shape index (κ2) is 7.81. The summed E-state index contributed by atoms with van der Waals surface area (Å²) in [5.74, 6) is -0.617. The van der Waals surface area contributed by atoms with E-state index in [1.54, 1.807) is 0 Å². The molecular formula is C19H22N4O2. The number of rotatable bonds is 6. The van der Waals surface area contributed by atoms with Gasteiger partial charge in [-0.25, -0.2) is 0 Å². The molecule has 0 radical (unpaired) electrons. The van der Waals surface area contributed by atoms with Crippen LogP contribution in [-0.2, 0) is 22.6 Å². The molecule has 2 amide bonds. The number of anilines is 2. The molecule has 2 aromatic rings. The molecule has 0 aromatic heterocycles. The Bertz CT molecular complexity index is 776. The van der Waals surface area contributed by atoms with E-state index in [9.17, 15) is 9.59 Å². The van der Waals surface area contributed by atoms with Crippen molar-refractivity contribution in [2.45, 2.75) is 13.0 Å². The summed E-state index contributed by atoms with van der Waals surface area (Å²) in [7, 11) is 0. The van der Waals surface area contributed by atoms with Crippen molar-refractivity contribution in [2.24, 2.45) is 5.73 Å². The normalized spacial score (nSPS) is 12.6. The van der Waals surface area contributed by atoms with Crippen LogP contribution in [0, 0.1) is 0 Å². The topological polar surface area (TPSA) is 87.5 Å². The van der Waals surface area contributed by atoms with Crippen LogP contribution in [0.3, 0.4) is 0 Å². The van der Waals surface area contributed by atoms with E-state index in [2.05, 4.69) is 33.7 Å². The van der Waals surface area contributed by atoms with Crippen LogP contribution in [-0.4, -0.2) is 31.4 Å². The molecule has 0 saturated heterocycles. The molecule has 0 saturated carbocycles. The maximum atomic E-state index is 12.0. The first-order chi connectivity index (χ1) is 12.2. The summed E-state index contributed by atoms with van der Waals surface area (Å²) in [6, 6.07) is 16.1. The van der Waals surface area contributed by atoms with Crippen LogP contribution in [0.4, 0.5) is 11.4 Å². The molecule has 6 nitrogen and oxygen atoms in total. The van der Waals surface area contributed by atoms with Gasteiger partial charge in [0.25, 0.3) is 0 Å². The van der Waals surface area contributed by atoms with Gasteiger partial charge >= 0.3 is 0 Å². The molecule has 0 spiro atoms. The second-order valence-electron chi connectivity index (χ2n) is 5.99. The molecule has 25 heavy (non-hydrogen) atoms. The van der Waals surface area contributed by atoms with Crippen LogP contribution in [0.15, 0.2) is 48.5 Å². The van der Waals surface area contributed by atoms with Crippen molar-refractivity contribution in [3.63, 3.8) is 0 Å². The average molecular weight is 338 g/mol. The molecule has 0 unspecified atom stereocenters. The Morgan fingerprint density at radius 1 is 1.04 bits per heavy atom. The number of fused-ring (bicyclic) bond motifs is 1. The van der Waals surface area contributed by atoms with Crippen molar-refractivity contribution < 1.29 is 9.59 Å². The van der Waals surface area contributed by atoms with Crippen molar-refractivity contribution in [3.8, 4) is 0 Å². The second-order valence-corrected chi connectivity index (χ2v) is 5.99. The zero-order valence-electron chi connectivity index (χ0n) is 14.0. The van der Waals surface area contributed by atoms with Crippen LogP contribution in [0.25, 0.3) is 0 Å². The molecule has 6 heteroatoms. The number of nitrogens with one attached hydrogen (secondary N) is 2. The van der Waals surface area contributed by atoms with Crippen molar-refractivity contribution >= 4 is 23.2 Å². The Kier molecular flexibility index (Phi) is 5.30. The zero-order chi connectivity index (χ0) is 17.6. The number of carbonyl (C=O) groups is 2. The van der Waals surface area contributed by atoms with Crippen molar-refractivity contribution in [3.05, 3.63) is 59.7 Å². The SMILES string of the molecule is NCC(=O)NCC(=O)Nc1ccccc1CN1CCc2ccccc21. The van der Waals surface area contributed by atoms with Gasteiger partial charge in [0.05, 0.1) is 13.1 Å².